The monoisotopic (exact) mass is 331 g/mol. The van der Waals surface area contributed by atoms with Gasteiger partial charge >= 0.3 is 0 Å². The molecule has 1 aromatic carbocycles. The topological polar surface area (TPSA) is 118 Å². The quantitative estimate of drug-likeness (QED) is 0.551. The Labute approximate surface area is 129 Å². The predicted molar refractivity (Wildman–Crippen MR) is 81.2 cm³/mol. The fourth-order valence-corrected chi connectivity index (χ4v) is 3.77. The maximum atomic E-state index is 12.5. The van der Waals surface area contributed by atoms with Crippen LogP contribution in [0.3, 0.4) is 0 Å². The van der Waals surface area contributed by atoms with Crippen molar-refractivity contribution >= 4 is 15.5 Å². The molecule has 0 unspecified atom stereocenters. The first-order chi connectivity index (χ1) is 10.2. The summed E-state index contributed by atoms with van der Waals surface area (Å²) in [6.45, 7) is 2.95. The molecule has 0 amide bonds. The van der Waals surface area contributed by atoms with Crippen molar-refractivity contribution in [3.63, 3.8) is 0 Å². The molecule has 0 spiro atoms. The number of aliphatic hydroxyl groups is 2. The summed E-state index contributed by atoms with van der Waals surface area (Å²) >= 11 is 0. The average molecular weight is 331 g/mol. The molecule has 1 aromatic rings. The van der Waals surface area contributed by atoms with Crippen LogP contribution in [0.1, 0.15) is 26.7 Å². The minimum Gasteiger partial charge on any atom is -0.395 e. The van der Waals surface area contributed by atoms with Gasteiger partial charge in [-0.25, -0.2) is 8.42 Å². The summed E-state index contributed by atoms with van der Waals surface area (Å²) in [7, 11) is -4.05. The second kappa shape index (κ2) is 7.66. The van der Waals surface area contributed by atoms with Gasteiger partial charge in [0.25, 0.3) is 5.69 Å². The first-order valence-electron chi connectivity index (χ1n) is 6.98. The second-order valence-corrected chi connectivity index (χ2v) is 7.66. The molecule has 1 rings (SSSR count). The summed E-state index contributed by atoms with van der Waals surface area (Å²) in [5.74, 6) is -0.0342. The number of aliphatic hydroxyl groups excluding tert-OH is 2. The van der Waals surface area contributed by atoms with Gasteiger partial charge in [0.1, 0.15) is 4.90 Å². The van der Waals surface area contributed by atoms with Crippen LogP contribution >= 0.6 is 0 Å². The fourth-order valence-electron chi connectivity index (χ4n) is 2.06. The van der Waals surface area contributed by atoms with Gasteiger partial charge in [0, 0.05) is 6.07 Å². The number of rotatable bonds is 8. The van der Waals surface area contributed by atoms with Crippen molar-refractivity contribution in [3.8, 4) is 0 Å². The van der Waals surface area contributed by atoms with Gasteiger partial charge in [-0.3, -0.25) is 10.1 Å². The van der Waals surface area contributed by atoms with Gasteiger partial charge in [-0.1, -0.05) is 26.0 Å². The van der Waals surface area contributed by atoms with Crippen LogP contribution in [0, 0.1) is 16.0 Å². The molecular formula is C14H21NO6S. The number of benzene rings is 1. The van der Waals surface area contributed by atoms with E-state index in [1.54, 1.807) is 13.8 Å². The van der Waals surface area contributed by atoms with E-state index in [9.17, 15) is 28.7 Å². The molecule has 2 N–H and O–H groups in total. The molecule has 0 aliphatic heterocycles. The van der Waals surface area contributed by atoms with Crippen molar-refractivity contribution in [1.82, 2.24) is 0 Å². The lowest BCUT2D eigenvalue weighted by atomic mass is 10.0. The summed E-state index contributed by atoms with van der Waals surface area (Å²) in [5, 5.41) is 28.9. The molecule has 2 atom stereocenters. The van der Waals surface area contributed by atoms with Crippen molar-refractivity contribution in [2.24, 2.45) is 5.92 Å². The maximum Gasteiger partial charge on any atom is 0.287 e. The highest BCUT2D eigenvalue weighted by atomic mass is 32.2. The molecule has 7 nitrogen and oxygen atoms in total. The molecule has 124 valence electrons. The Morgan fingerprint density at radius 2 is 1.82 bits per heavy atom. The highest BCUT2D eigenvalue weighted by Crippen LogP contribution is 2.28. The third kappa shape index (κ3) is 4.25. The van der Waals surface area contributed by atoms with E-state index in [4.69, 9.17) is 0 Å². The van der Waals surface area contributed by atoms with E-state index in [-0.39, 0.29) is 18.8 Å². The van der Waals surface area contributed by atoms with E-state index in [1.165, 1.54) is 12.1 Å². The highest BCUT2D eigenvalue weighted by molar-refractivity contribution is 7.92. The lowest BCUT2D eigenvalue weighted by Crippen LogP contribution is -2.28. The smallest absolute Gasteiger partial charge is 0.287 e. The molecule has 0 aliphatic carbocycles. The number of sulfone groups is 1. The zero-order valence-corrected chi connectivity index (χ0v) is 13.4. The molecule has 0 saturated carbocycles. The third-order valence-electron chi connectivity index (χ3n) is 3.56. The Morgan fingerprint density at radius 1 is 1.23 bits per heavy atom. The SMILES string of the molecule is CC(C)[C@H](O)CC[C@H](CO)S(=O)(=O)c1ccccc1[N+](=O)[O-]. The largest absolute Gasteiger partial charge is 0.395 e. The minimum atomic E-state index is -4.05. The molecule has 0 aromatic heterocycles. The van der Waals surface area contributed by atoms with Gasteiger partial charge in [0.15, 0.2) is 9.84 Å². The molecule has 0 bridgehead atoms. The molecule has 0 saturated heterocycles. The number of hydrogen-bond acceptors (Lipinski definition) is 6. The van der Waals surface area contributed by atoms with E-state index in [1.807, 2.05) is 0 Å². The zero-order chi connectivity index (χ0) is 16.9. The van der Waals surface area contributed by atoms with Crippen LogP contribution in [-0.4, -0.2) is 41.5 Å². The van der Waals surface area contributed by atoms with Crippen LogP contribution in [0.5, 0.6) is 0 Å². The van der Waals surface area contributed by atoms with Crippen molar-refractivity contribution in [2.45, 2.75) is 42.9 Å². The van der Waals surface area contributed by atoms with Crippen LogP contribution in [0.25, 0.3) is 0 Å². The van der Waals surface area contributed by atoms with Gasteiger partial charge in [-0.05, 0) is 24.8 Å². The van der Waals surface area contributed by atoms with Crippen LogP contribution in [0.4, 0.5) is 5.69 Å². The van der Waals surface area contributed by atoms with E-state index in [0.29, 0.717) is 0 Å². The first-order valence-corrected chi connectivity index (χ1v) is 8.52. The molecule has 0 radical (unpaired) electrons. The van der Waals surface area contributed by atoms with Crippen LogP contribution in [-0.2, 0) is 9.84 Å². The van der Waals surface area contributed by atoms with Gasteiger partial charge in [0.2, 0.25) is 0 Å². The number of para-hydroxylation sites is 1. The van der Waals surface area contributed by atoms with Gasteiger partial charge < -0.3 is 10.2 Å². The van der Waals surface area contributed by atoms with Crippen molar-refractivity contribution in [1.29, 1.82) is 0 Å². The standard InChI is InChI=1S/C14H21NO6S/c1-10(2)13(17)8-7-11(9-16)22(20,21)14-6-4-3-5-12(14)15(18)19/h3-6,10-11,13,16-17H,7-9H2,1-2H3/t11-,13-/m1/s1. The van der Waals surface area contributed by atoms with E-state index < -0.39 is 43.3 Å². The Morgan fingerprint density at radius 3 is 2.32 bits per heavy atom. The van der Waals surface area contributed by atoms with Crippen LogP contribution in [0.15, 0.2) is 29.2 Å². The number of nitro groups is 1. The molecule has 8 heteroatoms. The zero-order valence-electron chi connectivity index (χ0n) is 12.5. The van der Waals surface area contributed by atoms with Gasteiger partial charge in [-0.15, -0.1) is 0 Å². The summed E-state index contributed by atoms with van der Waals surface area (Å²) in [6, 6.07) is 5.06. The van der Waals surface area contributed by atoms with E-state index in [0.717, 1.165) is 12.1 Å². The summed E-state index contributed by atoms with van der Waals surface area (Å²) in [4.78, 5) is 9.81. The molecule has 0 heterocycles. The average Bonchev–Trinajstić information content (AvgIpc) is 2.47. The van der Waals surface area contributed by atoms with Crippen molar-refractivity contribution in [2.75, 3.05) is 6.61 Å². The lowest BCUT2D eigenvalue weighted by Gasteiger charge is -2.19. The second-order valence-electron chi connectivity index (χ2n) is 5.46. The molecular weight excluding hydrogens is 310 g/mol. The lowest BCUT2D eigenvalue weighted by molar-refractivity contribution is -0.387. The molecule has 22 heavy (non-hydrogen) atoms. The minimum absolute atomic E-state index is 0.0320. The Balaban J connectivity index is 3.08. The predicted octanol–water partition coefficient (Wildman–Crippen LogP) is 1.53. The summed E-state index contributed by atoms with van der Waals surface area (Å²) < 4.78 is 25.0. The van der Waals surface area contributed by atoms with Gasteiger partial charge in [0.05, 0.1) is 22.9 Å². The highest BCUT2D eigenvalue weighted by Gasteiger charge is 2.33. The van der Waals surface area contributed by atoms with Crippen LogP contribution in [0.2, 0.25) is 0 Å². The maximum absolute atomic E-state index is 12.5. The Hall–Kier alpha value is -1.51. The molecule has 0 fully saturated rings. The Kier molecular flexibility index (Phi) is 6.46. The number of nitro benzene ring substituents is 1. The van der Waals surface area contributed by atoms with Gasteiger partial charge in [-0.2, -0.15) is 0 Å². The number of nitrogens with zero attached hydrogens (tertiary/aromatic N) is 1. The summed E-state index contributed by atoms with van der Waals surface area (Å²) in [6.07, 6.45) is -0.456. The third-order valence-corrected chi connectivity index (χ3v) is 5.79. The normalized spacial score (nSPS) is 14.8. The summed E-state index contributed by atoms with van der Waals surface area (Å²) in [5.41, 5.74) is -0.509. The van der Waals surface area contributed by atoms with Crippen molar-refractivity contribution < 1.29 is 23.6 Å². The van der Waals surface area contributed by atoms with Crippen molar-refractivity contribution in [3.05, 3.63) is 34.4 Å². The van der Waals surface area contributed by atoms with E-state index in [2.05, 4.69) is 0 Å². The fraction of sp³-hybridized carbons (Fsp3) is 0.571. The van der Waals surface area contributed by atoms with Crippen LogP contribution < -0.4 is 0 Å². The first kappa shape index (κ1) is 18.5. The number of hydrogen-bond donors (Lipinski definition) is 2. The molecule has 0 aliphatic rings. The van der Waals surface area contributed by atoms with E-state index >= 15 is 0 Å². The Bertz CT molecular complexity index is 614.